The van der Waals surface area contributed by atoms with E-state index in [9.17, 15) is 5.11 Å². The van der Waals surface area contributed by atoms with Gasteiger partial charge in [0.2, 0.25) is 0 Å². The summed E-state index contributed by atoms with van der Waals surface area (Å²) in [5.74, 6) is 1.37. The molecule has 18 heavy (non-hydrogen) atoms. The van der Waals surface area contributed by atoms with Crippen molar-refractivity contribution in [2.75, 3.05) is 7.11 Å². The molecule has 1 fully saturated rings. The largest absolute Gasteiger partial charge is 0.504 e. The lowest BCUT2D eigenvalue weighted by atomic mass is 9.80. The maximum absolute atomic E-state index is 10.0. The van der Waals surface area contributed by atoms with Gasteiger partial charge in [-0.3, -0.25) is 0 Å². The molecule has 1 aliphatic carbocycles. The third-order valence-corrected chi connectivity index (χ3v) is 4.03. The number of ether oxygens (including phenoxy) is 1. The smallest absolute Gasteiger partial charge is 0.162 e. The highest BCUT2D eigenvalue weighted by atomic mass is 35.5. The summed E-state index contributed by atoms with van der Waals surface area (Å²) in [6.07, 6.45) is 3.95. The van der Waals surface area contributed by atoms with Crippen molar-refractivity contribution >= 4 is 11.6 Å². The molecule has 0 saturated heterocycles. The number of phenolic OH excluding ortho intramolecular Hbond substituents is 1. The number of rotatable bonds is 5. The van der Waals surface area contributed by atoms with Crippen LogP contribution in [0.5, 0.6) is 11.5 Å². The summed E-state index contributed by atoms with van der Waals surface area (Å²) in [4.78, 5) is 0. The number of aromatic hydroxyl groups is 1. The molecule has 100 valence electrons. The normalized spacial score (nSPS) is 17.3. The molecule has 1 aliphatic rings. The van der Waals surface area contributed by atoms with E-state index in [-0.39, 0.29) is 5.75 Å². The second kappa shape index (κ2) is 5.81. The summed E-state index contributed by atoms with van der Waals surface area (Å²) in [5.41, 5.74) is 0.783. The minimum absolute atomic E-state index is 0.176. The summed E-state index contributed by atoms with van der Waals surface area (Å²) >= 11 is 6.00. The fourth-order valence-electron chi connectivity index (χ4n) is 2.30. The first-order valence-electron chi connectivity index (χ1n) is 6.40. The molecule has 0 aliphatic heterocycles. The van der Waals surface area contributed by atoms with E-state index in [0.29, 0.717) is 23.4 Å². The molecule has 1 unspecified atom stereocenters. The first-order valence-corrected chi connectivity index (χ1v) is 6.78. The fourth-order valence-corrected chi connectivity index (χ4v) is 2.53. The Morgan fingerprint density at radius 3 is 2.78 bits per heavy atom. The summed E-state index contributed by atoms with van der Waals surface area (Å²) in [5, 5.41) is 14.0. The van der Waals surface area contributed by atoms with E-state index < -0.39 is 0 Å². The predicted octanol–water partition coefficient (Wildman–Crippen LogP) is 3.33. The van der Waals surface area contributed by atoms with Gasteiger partial charge in [-0.25, -0.2) is 0 Å². The predicted molar refractivity (Wildman–Crippen MR) is 73.3 cm³/mol. The molecular weight excluding hydrogens is 250 g/mol. The SMILES string of the molecule is COc1cc(Cl)cc(CNC(C)C2CCC2)c1O. The highest BCUT2D eigenvalue weighted by Crippen LogP contribution is 2.34. The van der Waals surface area contributed by atoms with E-state index in [0.717, 1.165) is 11.5 Å². The van der Waals surface area contributed by atoms with Crippen LogP contribution in [0.2, 0.25) is 5.02 Å². The second-order valence-electron chi connectivity index (χ2n) is 4.98. The Balaban J connectivity index is 2.01. The number of nitrogens with one attached hydrogen (secondary N) is 1. The molecule has 2 N–H and O–H groups in total. The van der Waals surface area contributed by atoms with Crippen molar-refractivity contribution in [1.29, 1.82) is 0 Å². The van der Waals surface area contributed by atoms with Crippen molar-refractivity contribution in [3.63, 3.8) is 0 Å². The third kappa shape index (κ3) is 2.90. The summed E-state index contributed by atoms with van der Waals surface area (Å²) < 4.78 is 5.09. The van der Waals surface area contributed by atoms with Crippen LogP contribution in [-0.4, -0.2) is 18.3 Å². The molecule has 0 heterocycles. The molecule has 0 aromatic heterocycles. The molecule has 1 aromatic rings. The van der Waals surface area contributed by atoms with Gasteiger partial charge in [-0.1, -0.05) is 18.0 Å². The number of methoxy groups -OCH3 is 1. The lowest BCUT2D eigenvalue weighted by molar-refractivity contribution is 0.239. The van der Waals surface area contributed by atoms with Crippen LogP contribution in [0.4, 0.5) is 0 Å². The van der Waals surface area contributed by atoms with Crippen molar-refractivity contribution < 1.29 is 9.84 Å². The molecule has 3 nitrogen and oxygen atoms in total. The second-order valence-corrected chi connectivity index (χ2v) is 5.41. The summed E-state index contributed by atoms with van der Waals surface area (Å²) in [6.45, 7) is 2.81. The first kappa shape index (κ1) is 13.5. The number of phenols is 1. The maximum atomic E-state index is 10.0. The molecule has 0 radical (unpaired) electrons. The van der Waals surface area contributed by atoms with Gasteiger partial charge in [0.1, 0.15) is 0 Å². The molecule has 2 rings (SSSR count). The monoisotopic (exact) mass is 269 g/mol. The van der Waals surface area contributed by atoms with Crippen LogP contribution in [0, 0.1) is 5.92 Å². The molecule has 0 amide bonds. The van der Waals surface area contributed by atoms with Crippen LogP contribution < -0.4 is 10.1 Å². The Kier molecular flexibility index (Phi) is 4.36. The van der Waals surface area contributed by atoms with Crippen molar-refractivity contribution in [2.45, 2.75) is 38.8 Å². The highest BCUT2D eigenvalue weighted by molar-refractivity contribution is 6.30. The standard InChI is InChI=1S/C14H20ClNO2/c1-9(10-4-3-5-10)16-8-11-6-12(15)7-13(18-2)14(11)17/h6-7,9-10,16-17H,3-5,8H2,1-2H3. The van der Waals surface area contributed by atoms with E-state index in [1.165, 1.54) is 26.4 Å². The third-order valence-electron chi connectivity index (χ3n) is 3.81. The molecular formula is C14H20ClNO2. The van der Waals surface area contributed by atoms with Crippen LogP contribution in [0.15, 0.2) is 12.1 Å². The Morgan fingerprint density at radius 1 is 1.50 bits per heavy atom. The van der Waals surface area contributed by atoms with Gasteiger partial charge in [0.05, 0.1) is 7.11 Å². The van der Waals surface area contributed by atoms with Crippen LogP contribution >= 0.6 is 11.6 Å². The van der Waals surface area contributed by atoms with Crippen molar-refractivity contribution in [1.82, 2.24) is 5.32 Å². The average Bonchev–Trinajstić information content (AvgIpc) is 2.27. The van der Waals surface area contributed by atoms with Crippen molar-refractivity contribution in [3.8, 4) is 11.5 Å². The molecule has 4 heteroatoms. The van der Waals surface area contributed by atoms with Gasteiger partial charge in [-0.15, -0.1) is 0 Å². The average molecular weight is 270 g/mol. The van der Waals surface area contributed by atoms with Gasteiger partial charge in [0, 0.05) is 29.2 Å². The van der Waals surface area contributed by atoms with Crippen LogP contribution in [0.1, 0.15) is 31.7 Å². The number of benzene rings is 1. The molecule has 0 bridgehead atoms. The van der Waals surface area contributed by atoms with Gasteiger partial charge in [-0.2, -0.15) is 0 Å². The first-order chi connectivity index (χ1) is 8.61. The Morgan fingerprint density at radius 2 is 2.22 bits per heavy atom. The fraction of sp³-hybridized carbons (Fsp3) is 0.571. The minimum atomic E-state index is 0.176. The van der Waals surface area contributed by atoms with E-state index in [4.69, 9.17) is 16.3 Å². The lowest BCUT2D eigenvalue weighted by Gasteiger charge is -2.32. The Bertz CT molecular complexity index is 419. The van der Waals surface area contributed by atoms with Crippen LogP contribution in [-0.2, 0) is 6.54 Å². The van der Waals surface area contributed by atoms with E-state index in [1.807, 2.05) is 0 Å². The maximum Gasteiger partial charge on any atom is 0.162 e. The quantitative estimate of drug-likeness (QED) is 0.862. The van der Waals surface area contributed by atoms with Crippen molar-refractivity contribution in [2.24, 2.45) is 5.92 Å². The zero-order valence-corrected chi connectivity index (χ0v) is 11.6. The zero-order valence-electron chi connectivity index (χ0n) is 10.9. The van der Waals surface area contributed by atoms with Gasteiger partial charge in [0.25, 0.3) is 0 Å². The van der Waals surface area contributed by atoms with Crippen molar-refractivity contribution in [3.05, 3.63) is 22.7 Å². The number of hydrogen-bond acceptors (Lipinski definition) is 3. The minimum Gasteiger partial charge on any atom is -0.504 e. The van der Waals surface area contributed by atoms with Gasteiger partial charge >= 0.3 is 0 Å². The Labute approximate surface area is 113 Å². The molecule has 1 aromatic carbocycles. The van der Waals surface area contributed by atoms with E-state index in [1.54, 1.807) is 12.1 Å². The van der Waals surface area contributed by atoms with E-state index in [2.05, 4.69) is 12.2 Å². The Hall–Kier alpha value is -0.930. The highest BCUT2D eigenvalue weighted by Gasteiger charge is 2.23. The molecule has 1 atom stereocenters. The van der Waals surface area contributed by atoms with Gasteiger partial charge in [0.15, 0.2) is 11.5 Å². The zero-order chi connectivity index (χ0) is 13.1. The summed E-state index contributed by atoms with van der Waals surface area (Å²) in [7, 11) is 1.53. The number of hydrogen-bond donors (Lipinski definition) is 2. The van der Waals surface area contributed by atoms with Crippen LogP contribution in [0.3, 0.4) is 0 Å². The number of halogens is 1. The molecule has 0 spiro atoms. The topological polar surface area (TPSA) is 41.5 Å². The van der Waals surface area contributed by atoms with Crippen LogP contribution in [0.25, 0.3) is 0 Å². The van der Waals surface area contributed by atoms with Gasteiger partial charge in [-0.05, 0) is 31.7 Å². The lowest BCUT2D eigenvalue weighted by Crippen LogP contribution is -2.36. The summed E-state index contributed by atoms with van der Waals surface area (Å²) in [6, 6.07) is 3.87. The van der Waals surface area contributed by atoms with E-state index >= 15 is 0 Å². The molecule has 1 saturated carbocycles. The van der Waals surface area contributed by atoms with Gasteiger partial charge < -0.3 is 15.2 Å².